The van der Waals surface area contributed by atoms with Crippen molar-refractivity contribution in [2.24, 2.45) is 0 Å². The summed E-state index contributed by atoms with van der Waals surface area (Å²) in [6, 6.07) is 12.5. The number of nitrogens with one attached hydrogen (secondary N) is 1. The van der Waals surface area contributed by atoms with Gasteiger partial charge in [0.05, 0.1) is 23.5 Å². The maximum absolute atomic E-state index is 12.2. The molecule has 9 heteroatoms. The van der Waals surface area contributed by atoms with Crippen LogP contribution in [0.25, 0.3) is 0 Å². The van der Waals surface area contributed by atoms with Crippen LogP contribution in [-0.2, 0) is 14.8 Å². The van der Waals surface area contributed by atoms with E-state index in [4.69, 9.17) is 27.9 Å². The molecule has 2 aromatic rings. The van der Waals surface area contributed by atoms with E-state index in [0.717, 1.165) is 17.6 Å². The maximum atomic E-state index is 12.2. The van der Waals surface area contributed by atoms with Gasteiger partial charge in [0.2, 0.25) is 15.9 Å². The fourth-order valence-electron chi connectivity index (χ4n) is 3.05. The molecule has 2 rings (SSSR count). The standard InChI is InChI=1S/C22H28Cl2N2O4S/c1-16(2)18-7-4-5-8-21(18)30-14-12-25-22(27)9-6-13-26(31(3,28)29)20-15-17(23)10-11-19(20)24/h4-5,7-8,10-11,15-16H,6,9,12-14H2,1-3H3,(H,25,27). The summed E-state index contributed by atoms with van der Waals surface area (Å²) in [6.45, 7) is 5.02. The van der Waals surface area contributed by atoms with E-state index in [2.05, 4.69) is 19.2 Å². The molecule has 0 aliphatic heterocycles. The lowest BCUT2D eigenvalue weighted by molar-refractivity contribution is -0.121. The van der Waals surface area contributed by atoms with Gasteiger partial charge in [-0.05, 0) is 42.2 Å². The summed E-state index contributed by atoms with van der Waals surface area (Å²) in [5, 5.41) is 3.45. The molecular formula is C22H28Cl2N2O4S. The third kappa shape index (κ3) is 7.91. The van der Waals surface area contributed by atoms with E-state index in [1.165, 1.54) is 10.4 Å². The highest BCUT2D eigenvalue weighted by Crippen LogP contribution is 2.31. The van der Waals surface area contributed by atoms with Crippen LogP contribution >= 0.6 is 23.2 Å². The van der Waals surface area contributed by atoms with Crippen molar-refractivity contribution in [2.75, 3.05) is 30.3 Å². The maximum Gasteiger partial charge on any atom is 0.232 e. The molecule has 6 nitrogen and oxygen atoms in total. The van der Waals surface area contributed by atoms with Crippen LogP contribution in [0.4, 0.5) is 5.69 Å². The highest BCUT2D eigenvalue weighted by Gasteiger charge is 2.20. The molecule has 0 fully saturated rings. The molecule has 0 saturated carbocycles. The smallest absolute Gasteiger partial charge is 0.232 e. The van der Waals surface area contributed by atoms with Gasteiger partial charge in [0.25, 0.3) is 0 Å². The van der Waals surface area contributed by atoms with Crippen molar-refractivity contribution in [3.05, 3.63) is 58.1 Å². The molecule has 1 N–H and O–H groups in total. The Morgan fingerprint density at radius 3 is 2.55 bits per heavy atom. The van der Waals surface area contributed by atoms with Gasteiger partial charge < -0.3 is 10.1 Å². The Hall–Kier alpha value is -1.96. The molecule has 0 atom stereocenters. The number of sulfonamides is 1. The molecule has 0 heterocycles. The summed E-state index contributed by atoms with van der Waals surface area (Å²) in [6.07, 6.45) is 1.60. The predicted octanol–water partition coefficient (Wildman–Crippen LogP) is 4.86. The summed E-state index contributed by atoms with van der Waals surface area (Å²) in [4.78, 5) is 12.1. The molecule has 0 aromatic heterocycles. The molecule has 0 aliphatic carbocycles. The van der Waals surface area contributed by atoms with Gasteiger partial charge in [0.15, 0.2) is 0 Å². The monoisotopic (exact) mass is 486 g/mol. The number of carbonyl (C=O) groups excluding carboxylic acids is 1. The SMILES string of the molecule is CC(C)c1ccccc1OCCNC(=O)CCCN(c1cc(Cl)ccc1Cl)S(C)(=O)=O. The van der Waals surface area contributed by atoms with Gasteiger partial charge in [-0.25, -0.2) is 8.42 Å². The number of benzene rings is 2. The van der Waals surface area contributed by atoms with E-state index in [1.807, 2.05) is 24.3 Å². The Kier molecular flexibility index (Phi) is 9.47. The van der Waals surface area contributed by atoms with E-state index in [-0.39, 0.29) is 23.9 Å². The molecule has 170 valence electrons. The summed E-state index contributed by atoms with van der Waals surface area (Å²) in [5.74, 6) is 0.983. The number of amides is 1. The molecule has 31 heavy (non-hydrogen) atoms. The zero-order valence-corrected chi connectivity index (χ0v) is 20.2. The zero-order chi connectivity index (χ0) is 23.0. The topological polar surface area (TPSA) is 75.7 Å². The third-order valence-electron chi connectivity index (χ3n) is 4.57. The largest absolute Gasteiger partial charge is 0.491 e. The van der Waals surface area contributed by atoms with Gasteiger partial charge in [-0.1, -0.05) is 55.2 Å². The van der Waals surface area contributed by atoms with Crippen LogP contribution in [0.2, 0.25) is 10.0 Å². The number of anilines is 1. The van der Waals surface area contributed by atoms with Crippen LogP contribution in [0.15, 0.2) is 42.5 Å². The van der Waals surface area contributed by atoms with Crippen LogP contribution < -0.4 is 14.4 Å². The van der Waals surface area contributed by atoms with Crippen molar-refractivity contribution in [3.63, 3.8) is 0 Å². The highest BCUT2D eigenvalue weighted by atomic mass is 35.5. The second-order valence-electron chi connectivity index (χ2n) is 7.43. The van der Waals surface area contributed by atoms with E-state index < -0.39 is 10.0 Å². The predicted molar refractivity (Wildman–Crippen MR) is 127 cm³/mol. The van der Waals surface area contributed by atoms with Gasteiger partial charge in [-0.2, -0.15) is 0 Å². The molecule has 1 amide bonds. The summed E-state index contributed by atoms with van der Waals surface area (Å²) in [7, 11) is -3.58. The van der Waals surface area contributed by atoms with Crippen molar-refractivity contribution in [1.82, 2.24) is 5.32 Å². The van der Waals surface area contributed by atoms with E-state index in [0.29, 0.717) is 36.2 Å². The number of nitrogens with zero attached hydrogens (tertiary/aromatic N) is 1. The molecule has 0 radical (unpaired) electrons. The lowest BCUT2D eigenvalue weighted by Crippen LogP contribution is -2.33. The first-order chi connectivity index (χ1) is 14.6. The molecule has 2 aromatic carbocycles. The molecule has 0 bridgehead atoms. The van der Waals surface area contributed by atoms with Crippen molar-refractivity contribution < 1.29 is 17.9 Å². The average molecular weight is 487 g/mol. The van der Waals surface area contributed by atoms with Gasteiger partial charge in [-0.15, -0.1) is 0 Å². The number of para-hydroxylation sites is 1. The van der Waals surface area contributed by atoms with Gasteiger partial charge in [-0.3, -0.25) is 9.10 Å². The number of rotatable bonds is 11. The normalized spacial score (nSPS) is 11.4. The van der Waals surface area contributed by atoms with Crippen molar-refractivity contribution >= 4 is 44.8 Å². The first kappa shape index (κ1) is 25.3. The second-order valence-corrected chi connectivity index (χ2v) is 10.2. The summed E-state index contributed by atoms with van der Waals surface area (Å²) >= 11 is 12.1. The van der Waals surface area contributed by atoms with Crippen molar-refractivity contribution in [2.45, 2.75) is 32.6 Å². The quantitative estimate of drug-likeness (QED) is 0.460. The molecule has 0 aliphatic rings. The van der Waals surface area contributed by atoms with Crippen LogP contribution in [-0.4, -0.2) is 40.3 Å². The molecule has 0 unspecified atom stereocenters. The van der Waals surface area contributed by atoms with Gasteiger partial charge >= 0.3 is 0 Å². The van der Waals surface area contributed by atoms with Crippen LogP contribution in [0.5, 0.6) is 5.75 Å². The van der Waals surface area contributed by atoms with E-state index in [1.54, 1.807) is 12.1 Å². The number of hydrogen-bond donors (Lipinski definition) is 1. The minimum Gasteiger partial charge on any atom is -0.491 e. The lowest BCUT2D eigenvalue weighted by atomic mass is 10.0. The number of hydrogen-bond acceptors (Lipinski definition) is 4. The Morgan fingerprint density at radius 2 is 1.87 bits per heavy atom. The summed E-state index contributed by atoms with van der Waals surface area (Å²) in [5.41, 5.74) is 1.42. The summed E-state index contributed by atoms with van der Waals surface area (Å²) < 4.78 is 31.4. The zero-order valence-electron chi connectivity index (χ0n) is 17.9. The van der Waals surface area contributed by atoms with Crippen LogP contribution in [0.1, 0.15) is 38.2 Å². The second kappa shape index (κ2) is 11.6. The molecular weight excluding hydrogens is 459 g/mol. The number of halogens is 2. The lowest BCUT2D eigenvalue weighted by Gasteiger charge is -2.23. The fourth-order valence-corrected chi connectivity index (χ4v) is 4.46. The Labute approximate surface area is 194 Å². The molecule has 0 saturated heterocycles. The Bertz CT molecular complexity index is 997. The first-order valence-electron chi connectivity index (χ1n) is 10.0. The van der Waals surface area contributed by atoms with Crippen LogP contribution in [0, 0.1) is 0 Å². The Balaban J connectivity index is 1.82. The number of ether oxygens (including phenoxy) is 1. The number of carbonyl (C=O) groups is 1. The highest BCUT2D eigenvalue weighted by molar-refractivity contribution is 7.92. The van der Waals surface area contributed by atoms with E-state index in [9.17, 15) is 13.2 Å². The van der Waals surface area contributed by atoms with Crippen molar-refractivity contribution in [3.8, 4) is 5.75 Å². The average Bonchev–Trinajstić information content (AvgIpc) is 2.70. The van der Waals surface area contributed by atoms with Gasteiger partial charge in [0, 0.05) is 18.0 Å². The minimum atomic E-state index is -3.58. The molecule has 0 spiro atoms. The van der Waals surface area contributed by atoms with Crippen LogP contribution in [0.3, 0.4) is 0 Å². The fraction of sp³-hybridized carbons (Fsp3) is 0.409. The minimum absolute atomic E-state index is 0.116. The van der Waals surface area contributed by atoms with Crippen molar-refractivity contribution in [1.29, 1.82) is 0 Å². The third-order valence-corrected chi connectivity index (χ3v) is 6.30. The first-order valence-corrected chi connectivity index (χ1v) is 12.6. The van der Waals surface area contributed by atoms with Gasteiger partial charge in [0.1, 0.15) is 12.4 Å². The van der Waals surface area contributed by atoms with E-state index >= 15 is 0 Å². The Morgan fingerprint density at radius 1 is 1.16 bits per heavy atom.